The van der Waals surface area contributed by atoms with Crippen molar-refractivity contribution in [2.24, 2.45) is 28.7 Å². The second-order valence-electron chi connectivity index (χ2n) is 8.14. The van der Waals surface area contributed by atoms with Gasteiger partial charge in [0, 0.05) is 19.5 Å². The second-order valence-corrected chi connectivity index (χ2v) is 8.14. The molecule has 0 aliphatic carbocycles. The van der Waals surface area contributed by atoms with Crippen LogP contribution in [0.5, 0.6) is 0 Å². The maximum atomic E-state index is 12.5. The van der Waals surface area contributed by atoms with E-state index in [9.17, 15) is 19.2 Å². The van der Waals surface area contributed by atoms with E-state index in [1.807, 2.05) is 0 Å². The summed E-state index contributed by atoms with van der Waals surface area (Å²) in [6, 6.07) is -2.11. The molecule has 0 saturated heterocycles. The van der Waals surface area contributed by atoms with Crippen LogP contribution < -0.4 is 44.6 Å². The van der Waals surface area contributed by atoms with Gasteiger partial charge in [0.15, 0.2) is 0 Å². The first-order chi connectivity index (χ1) is 15.7. The number of rotatable bonds is 20. The Hall–Kier alpha value is -2.28. The summed E-state index contributed by atoms with van der Waals surface area (Å²) in [5.74, 6) is -1.58. The number of hydrogen-bond donors (Lipinski definition) is 8. The highest BCUT2D eigenvalue weighted by Crippen LogP contribution is 2.05. The Bertz CT molecular complexity index is 591. The van der Waals surface area contributed by atoms with Gasteiger partial charge in [-0.25, -0.2) is 0 Å². The van der Waals surface area contributed by atoms with Crippen LogP contribution in [0.1, 0.15) is 64.2 Å². The number of carbonyl (C=O) groups is 4. The zero-order chi connectivity index (χ0) is 25.1. The fraction of sp³-hybridized carbons (Fsp3) is 0.810. The minimum atomic E-state index is -0.805. The molecule has 0 saturated carbocycles. The summed E-state index contributed by atoms with van der Waals surface area (Å²) < 4.78 is 0. The van der Waals surface area contributed by atoms with Gasteiger partial charge in [0.05, 0.1) is 12.1 Å². The van der Waals surface area contributed by atoms with Gasteiger partial charge in [-0.2, -0.15) is 0 Å². The van der Waals surface area contributed by atoms with Crippen LogP contribution in [0.4, 0.5) is 0 Å². The van der Waals surface area contributed by atoms with Crippen molar-refractivity contribution in [3.63, 3.8) is 0 Å². The SMILES string of the molecule is NCCCC[C@H](N)C(=O)NCCCC[C@H](NC(=O)[C@@H](N)CCCCN)C(=O)NCCC(N)=O. The second kappa shape index (κ2) is 19.2. The highest BCUT2D eigenvalue weighted by Gasteiger charge is 2.23. The highest BCUT2D eigenvalue weighted by molar-refractivity contribution is 5.89. The minimum absolute atomic E-state index is 0.00256. The Morgan fingerprint density at radius 1 is 0.636 bits per heavy atom. The number of primary amides is 1. The van der Waals surface area contributed by atoms with Gasteiger partial charge >= 0.3 is 0 Å². The molecule has 192 valence electrons. The summed E-state index contributed by atoms with van der Waals surface area (Å²) in [5.41, 5.74) is 27.7. The molecule has 3 atom stereocenters. The summed E-state index contributed by atoms with van der Waals surface area (Å²) in [6.07, 6.45) is 5.67. The maximum absolute atomic E-state index is 12.5. The summed E-state index contributed by atoms with van der Waals surface area (Å²) in [4.78, 5) is 47.8. The van der Waals surface area contributed by atoms with E-state index >= 15 is 0 Å². The predicted octanol–water partition coefficient (Wildman–Crippen LogP) is -2.34. The monoisotopic (exact) mass is 472 g/mol. The standard InChI is InChI=1S/C21H44N8O4/c22-11-4-1-7-15(24)19(31)27-13-6-3-9-17(21(33)28-14-10-18(26)30)29-20(32)16(25)8-2-5-12-23/h15-17H,1-14,22-25H2,(H2,26,30)(H,27,31)(H,28,33)(H,29,32)/t15-,16-,17-/m0/s1. The molecule has 12 nitrogen and oxygen atoms in total. The number of nitrogens with two attached hydrogens (primary N) is 5. The van der Waals surface area contributed by atoms with Crippen molar-refractivity contribution in [2.75, 3.05) is 26.2 Å². The van der Waals surface area contributed by atoms with E-state index in [0.29, 0.717) is 58.2 Å². The lowest BCUT2D eigenvalue weighted by molar-refractivity contribution is -0.130. The van der Waals surface area contributed by atoms with Crippen molar-refractivity contribution in [2.45, 2.75) is 82.3 Å². The van der Waals surface area contributed by atoms with Crippen molar-refractivity contribution in [3.8, 4) is 0 Å². The predicted molar refractivity (Wildman–Crippen MR) is 127 cm³/mol. The fourth-order valence-corrected chi connectivity index (χ4v) is 3.08. The molecule has 33 heavy (non-hydrogen) atoms. The molecule has 0 fully saturated rings. The molecule has 0 spiro atoms. The number of amides is 4. The zero-order valence-electron chi connectivity index (χ0n) is 19.7. The molecule has 0 radical (unpaired) electrons. The average Bonchev–Trinajstić information content (AvgIpc) is 2.77. The zero-order valence-corrected chi connectivity index (χ0v) is 19.7. The summed E-state index contributed by atoms with van der Waals surface area (Å²) in [6.45, 7) is 1.59. The summed E-state index contributed by atoms with van der Waals surface area (Å²) in [7, 11) is 0. The van der Waals surface area contributed by atoms with E-state index in [4.69, 9.17) is 28.7 Å². The Balaban J connectivity index is 4.55. The third-order valence-corrected chi connectivity index (χ3v) is 5.13. The van der Waals surface area contributed by atoms with Crippen LogP contribution >= 0.6 is 0 Å². The van der Waals surface area contributed by atoms with Gasteiger partial charge in [0.2, 0.25) is 23.6 Å². The average molecular weight is 473 g/mol. The first-order valence-corrected chi connectivity index (χ1v) is 11.8. The van der Waals surface area contributed by atoms with E-state index in [1.54, 1.807) is 0 Å². The molecule has 0 aliphatic rings. The minimum Gasteiger partial charge on any atom is -0.370 e. The number of unbranched alkanes of at least 4 members (excludes halogenated alkanes) is 3. The van der Waals surface area contributed by atoms with Crippen molar-refractivity contribution in [1.29, 1.82) is 0 Å². The molecule has 0 aromatic heterocycles. The van der Waals surface area contributed by atoms with Crippen molar-refractivity contribution < 1.29 is 19.2 Å². The quantitative estimate of drug-likeness (QED) is 0.0891. The number of carbonyl (C=O) groups excluding carboxylic acids is 4. The molecule has 0 unspecified atom stereocenters. The van der Waals surface area contributed by atoms with E-state index < -0.39 is 35.8 Å². The number of hydrogen-bond acceptors (Lipinski definition) is 8. The molecule has 12 heteroatoms. The van der Waals surface area contributed by atoms with Crippen molar-refractivity contribution in [3.05, 3.63) is 0 Å². The van der Waals surface area contributed by atoms with Crippen molar-refractivity contribution in [1.82, 2.24) is 16.0 Å². The molecule has 0 aromatic carbocycles. The molecule has 13 N–H and O–H groups in total. The van der Waals surface area contributed by atoms with Crippen molar-refractivity contribution >= 4 is 23.6 Å². The lowest BCUT2D eigenvalue weighted by Gasteiger charge is -2.21. The van der Waals surface area contributed by atoms with Gasteiger partial charge in [-0.3, -0.25) is 19.2 Å². The maximum Gasteiger partial charge on any atom is 0.242 e. The lowest BCUT2D eigenvalue weighted by Crippen LogP contribution is -2.52. The van der Waals surface area contributed by atoms with E-state index in [1.165, 1.54) is 0 Å². The van der Waals surface area contributed by atoms with Crippen LogP contribution in [0.3, 0.4) is 0 Å². The van der Waals surface area contributed by atoms with Crippen LogP contribution in [0.15, 0.2) is 0 Å². The molecule has 0 rings (SSSR count). The van der Waals surface area contributed by atoms with E-state index in [0.717, 1.165) is 19.3 Å². The third-order valence-electron chi connectivity index (χ3n) is 5.13. The summed E-state index contributed by atoms with van der Waals surface area (Å²) in [5, 5.41) is 8.07. The van der Waals surface area contributed by atoms with Crippen LogP contribution in [0.2, 0.25) is 0 Å². The van der Waals surface area contributed by atoms with Gasteiger partial charge in [-0.1, -0.05) is 12.8 Å². The molecular formula is C21H44N8O4. The molecular weight excluding hydrogens is 428 g/mol. The molecule has 0 bridgehead atoms. The van der Waals surface area contributed by atoms with Gasteiger partial charge in [-0.15, -0.1) is 0 Å². The fourth-order valence-electron chi connectivity index (χ4n) is 3.08. The Morgan fingerprint density at radius 2 is 1.15 bits per heavy atom. The van der Waals surface area contributed by atoms with E-state index in [-0.39, 0.29) is 18.9 Å². The third kappa shape index (κ3) is 16.1. The molecule has 0 aromatic rings. The lowest BCUT2D eigenvalue weighted by atomic mass is 10.1. The largest absolute Gasteiger partial charge is 0.370 e. The first kappa shape index (κ1) is 30.7. The smallest absolute Gasteiger partial charge is 0.242 e. The Kier molecular flexibility index (Phi) is 17.9. The normalized spacial score (nSPS) is 13.6. The summed E-state index contributed by atoms with van der Waals surface area (Å²) >= 11 is 0. The van der Waals surface area contributed by atoms with Crippen LogP contribution in [0, 0.1) is 0 Å². The highest BCUT2D eigenvalue weighted by atomic mass is 16.2. The van der Waals surface area contributed by atoms with Gasteiger partial charge in [0.1, 0.15) is 6.04 Å². The molecule has 0 heterocycles. The van der Waals surface area contributed by atoms with Gasteiger partial charge in [-0.05, 0) is 58.0 Å². The Morgan fingerprint density at radius 3 is 1.70 bits per heavy atom. The number of nitrogens with one attached hydrogen (secondary N) is 3. The van der Waals surface area contributed by atoms with Crippen LogP contribution in [-0.2, 0) is 19.2 Å². The topological polar surface area (TPSA) is 234 Å². The van der Waals surface area contributed by atoms with Crippen LogP contribution in [-0.4, -0.2) is 67.9 Å². The first-order valence-electron chi connectivity index (χ1n) is 11.8. The molecule has 4 amide bonds. The van der Waals surface area contributed by atoms with E-state index in [2.05, 4.69) is 16.0 Å². The van der Waals surface area contributed by atoms with Gasteiger partial charge < -0.3 is 44.6 Å². The molecule has 0 aliphatic heterocycles. The van der Waals surface area contributed by atoms with Crippen LogP contribution in [0.25, 0.3) is 0 Å². The van der Waals surface area contributed by atoms with Gasteiger partial charge in [0.25, 0.3) is 0 Å². The Labute approximate surface area is 196 Å².